The van der Waals surface area contributed by atoms with Gasteiger partial charge in [-0.1, -0.05) is 35.5 Å². The molecule has 2 atom stereocenters. The molecule has 0 aliphatic carbocycles. The Bertz CT molecular complexity index is 1030. The number of nitrogens with one attached hydrogen (secondary N) is 2. The van der Waals surface area contributed by atoms with Gasteiger partial charge in [0.05, 0.1) is 24.9 Å². The van der Waals surface area contributed by atoms with Gasteiger partial charge in [-0.3, -0.25) is 4.79 Å². The molecule has 2 aromatic carbocycles. The van der Waals surface area contributed by atoms with Gasteiger partial charge in [0.2, 0.25) is 5.91 Å². The standard InChI is InChI=1S/C22H25N5O3S/c1-14-7-19(6-5-17(14)10-28)30-11-18-9-23-22(29)21(18)16-4-2-3-15(8-16)12-31-13-20-24-26-27-25-20/h2-8,18,21,28H,9-13H2,1H3,(H,23,29)(H,24,25,26,27)/t18-,21-/m1/s1. The van der Waals surface area contributed by atoms with Gasteiger partial charge in [-0.05, 0) is 41.3 Å². The fourth-order valence-electron chi connectivity index (χ4n) is 3.77. The predicted molar refractivity (Wildman–Crippen MR) is 117 cm³/mol. The Morgan fingerprint density at radius 2 is 2.13 bits per heavy atom. The normalized spacial score (nSPS) is 18.2. The van der Waals surface area contributed by atoms with Crippen molar-refractivity contribution in [1.29, 1.82) is 0 Å². The molecule has 0 bridgehead atoms. The van der Waals surface area contributed by atoms with Crippen LogP contribution in [0.3, 0.4) is 0 Å². The van der Waals surface area contributed by atoms with Crippen molar-refractivity contribution < 1.29 is 14.6 Å². The molecule has 1 fully saturated rings. The van der Waals surface area contributed by atoms with Crippen LogP contribution in [-0.2, 0) is 22.9 Å². The summed E-state index contributed by atoms with van der Waals surface area (Å²) in [6, 6.07) is 13.8. The van der Waals surface area contributed by atoms with E-state index >= 15 is 0 Å². The molecule has 9 heteroatoms. The van der Waals surface area contributed by atoms with E-state index in [9.17, 15) is 9.90 Å². The number of ether oxygens (including phenoxy) is 1. The SMILES string of the molecule is Cc1cc(OC[C@H]2CNC(=O)[C@@H]2c2cccc(CSCc3nn[nH]n3)c2)ccc1CO. The van der Waals surface area contributed by atoms with Crippen molar-refractivity contribution in [2.75, 3.05) is 13.2 Å². The number of aromatic amines is 1. The number of amides is 1. The third kappa shape index (κ3) is 5.23. The first-order valence-electron chi connectivity index (χ1n) is 10.1. The monoisotopic (exact) mass is 439 g/mol. The minimum absolute atomic E-state index is 0.0129. The van der Waals surface area contributed by atoms with Gasteiger partial charge in [-0.15, -0.1) is 22.0 Å². The molecule has 1 amide bonds. The lowest BCUT2D eigenvalue weighted by atomic mass is 9.88. The molecule has 8 nitrogen and oxygen atoms in total. The van der Waals surface area contributed by atoms with Crippen LogP contribution in [0, 0.1) is 12.8 Å². The second-order valence-electron chi connectivity index (χ2n) is 7.61. The number of aliphatic hydroxyl groups excluding tert-OH is 1. The van der Waals surface area contributed by atoms with Gasteiger partial charge in [-0.25, -0.2) is 0 Å². The van der Waals surface area contributed by atoms with Crippen molar-refractivity contribution in [2.45, 2.75) is 31.0 Å². The Kier molecular flexibility index (Phi) is 6.83. The van der Waals surface area contributed by atoms with E-state index in [2.05, 4.69) is 38.1 Å². The van der Waals surface area contributed by atoms with Gasteiger partial charge >= 0.3 is 0 Å². The molecule has 1 aliphatic heterocycles. The van der Waals surface area contributed by atoms with Crippen LogP contribution in [0.5, 0.6) is 5.75 Å². The van der Waals surface area contributed by atoms with Crippen molar-refractivity contribution in [1.82, 2.24) is 25.9 Å². The average Bonchev–Trinajstić information content (AvgIpc) is 3.42. The number of carbonyl (C=O) groups is 1. The zero-order valence-corrected chi connectivity index (χ0v) is 18.1. The van der Waals surface area contributed by atoms with E-state index in [1.165, 1.54) is 0 Å². The Morgan fingerprint density at radius 1 is 1.23 bits per heavy atom. The Hall–Kier alpha value is -2.91. The van der Waals surface area contributed by atoms with E-state index in [4.69, 9.17) is 4.74 Å². The number of hydrogen-bond donors (Lipinski definition) is 3. The maximum atomic E-state index is 12.6. The zero-order valence-electron chi connectivity index (χ0n) is 17.2. The minimum Gasteiger partial charge on any atom is -0.493 e. The highest BCUT2D eigenvalue weighted by Gasteiger charge is 2.36. The maximum Gasteiger partial charge on any atom is 0.228 e. The van der Waals surface area contributed by atoms with Crippen molar-refractivity contribution in [3.05, 3.63) is 70.5 Å². The lowest BCUT2D eigenvalue weighted by Gasteiger charge is -2.19. The van der Waals surface area contributed by atoms with Gasteiger partial charge in [0.1, 0.15) is 5.75 Å². The number of aryl methyl sites for hydroxylation is 1. The Balaban J connectivity index is 1.39. The smallest absolute Gasteiger partial charge is 0.228 e. The fourth-order valence-corrected chi connectivity index (χ4v) is 4.59. The summed E-state index contributed by atoms with van der Waals surface area (Å²) in [5.74, 6) is 2.75. The molecule has 0 saturated carbocycles. The summed E-state index contributed by atoms with van der Waals surface area (Å²) in [6.45, 7) is 3.00. The summed E-state index contributed by atoms with van der Waals surface area (Å²) in [6.07, 6.45) is 0. The number of tetrazole rings is 1. The minimum atomic E-state index is -0.236. The molecular formula is C22H25N5O3S. The first kappa shape index (κ1) is 21.3. The summed E-state index contributed by atoms with van der Waals surface area (Å²) in [5, 5.41) is 26.3. The van der Waals surface area contributed by atoms with Crippen LogP contribution in [0.15, 0.2) is 42.5 Å². The molecule has 0 spiro atoms. The number of benzene rings is 2. The third-order valence-electron chi connectivity index (χ3n) is 5.44. The van der Waals surface area contributed by atoms with Crippen LogP contribution < -0.4 is 10.1 Å². The fraction of sp³-hybridized carbons (Fsp3) is 0.364. The molecule has 1 saturated heterocycles. The lowest BCUT2D eigenvalue weighted by Crippen LogP contribution is -2.21. The number of aromatic nitrogens is 4. The summed E-state index contributed by atoms with van der Waals surface area (Å²) >= 11 is 1.70. The van der Waals surface area contributed by atoms with Crippen LogP contribution in [0.2, 0.25) is 0 Å². The molecule has 2 heterocycles. The van der Waals surface area contributed by atoms with Crippen LogP contribution in [0.4, 0.5) is 0 Å². The number of rotatable bonds is 9. The van der Waals surface area contributed by atoms with Crippen molar-refractivity contribution >= 4 is 17.7 Å². The molecule has 0 unspecified atom stereocenters. The van der Waals surface area contributed by atoms with Gasteiger partial charge < -0.3 is 15.2 Å². The summed E-state index contributed by atoms with van der Waals surface area (Å²) < 4.78 is 6.01. The molecule has 3 N–H and O–H groups in total. The molecular weight excluding hydrogens is 414 g/mol. The van der Waals surface area contributed by atoms with E-state index in [1.54, 1.807) is 11.8 Å². The van der Waals surface area contributed by atoms with Crippen LogP contribution in [0.1, 0.15) is 34.0 Å². The van der Waals surface area contributed by atoms with Crippen molar-refractivity contribution in [3.8, 4) is 5.75 Å². The maximum absolute atomic E-state index is 12.6. The predicted octanol–water partition coefficient (Wildman–Crippen LogP) is 2.34. The van der Waals surface area contributed by atoms with Crippen LogP contribution >= 0.6 is 11.8 Å². The largest absolute Gasteiger partial charge is 0.493 e. The first-order valence-corrected chi connectivity index (χ1v) is 11.3. The highest BCUT2D eigenvalue weighted by Crippen LogP contribution is 2.31. The van der Waals surface area contributed by atoms with Crippen LogP contribution in [-0.4, -0.2) is 44.8 Å². The topological polar surface area (TPSA) is 113 Å². The number of nitrogens with zero attached hydrogens (tertiary/aromatic N) is 3. The van der Waals surface area contributed by atoms with E-state index in [0.717, 1.165) is 33.8 Å². The van der Waals surface area contributed by atoms with E-state index in [-0.39, 0.29) is 24.3 Å². The summed E-state index contributed by atoms with van der Waals surface area (Å²) in [5.41, 5.74) is 4.04. The molecule has 1 aliphatic rings. The number of hydrogen-bond acceptors (Lipinski definition) is 7. The van der Waals surface area contributed by atoms with E-state index in [0.29, 0.717) is 24.7 Å². The van der Waals surface area contributed by atoms with Gasteiger partial charge in [0, 0.05) is 18.2 Å². The first-order chi connectivity index (χ1) is 15.1. The molecule has 31 heavy (non-hydrogen) atoms. The van der Waals surface area contributed by atoms with Gasteiger partial charge in [-0.2, -0.15) is 5.21 Å². The molecule has 1 aromatic heterocycles. The third-order valence-corrected chi connectivity index (χ3v) is 6.44. The number of H-pyrrole nitrogens is 1. The molecule has 4 rings (SSSR count). The van der Waals surface area contributed by atoms with Gasteiger partial charge in [0.15, 0.2) is 5.82 Å². The number of thioether (sulfide) groups is 1. The van der Waals surface area contributed by atoms with E-state index < -0.39 is 0 Å². The number of carbonyl (C=O) groups excluding carboxylic acids is 1. The number of aliphatic hydroxyl groups is 1. The average molecular weight is 440 g/mol. The quantitative estimate of drug-likeness (QED) is 0.469. The Morgan fingerprint density at radius 3 is 2.90 bits per heavy atom. The zero-order chi connectivity index (χ0) is 21.6. The van der Waals surface area contributed by atoms with Gasteiger partial charge in [0.25, 0.3) is 0 Å². The lowest BCUT2D eigenvalue weighted by molar-refractivity contribution is -0.120. The molecule has 3 aromatic rings. The summed E-state index contributed by atoms with van der Waals surface area (Å²) in [7, 11) is 0. The molecule has 0 radical (unpaired) electrons. The highest BCUT2D eigenvalue weighted by atomic mass is 32.2. The van der Waals surface area contributed by atoms with E-state index in [1.807, 2.05) is 37.3 Å². The second-order valence-corrected chi connectivity index (χ2v) is 8.59. The Labute approximate surface area is 184 Å². The molecule has 162 valence electrons. The van der Waals surface area contributed by atoms with Crippen molar-refractivity contribution in [3.63, 3.8) is 0 Å². The second kappa shape index (κ2) is 9.93. The summed E-state index contributed by atoms with van der Waals surface area (Å²) in [4.78, 5) is 12.6. The van der Waals surface area contributed by atoms with Crippen LogP contribution in [0.25, 0.3) is 0 Å². The van der Waals surface area contributed by atoms with Crippen molar-refractivity contribution in [2.24, 2.45) is 5.92 Å². The highest BCUT2D eigenvalue weighted by molar-refractivity contribution is 7.97.